The molecule has 2 heterocycles. The summed E-state index contributed by atoms with van der Waals surface area (Å²) in [6.07, 6.45) is 1.41. The molecule has 10 nitrogen and oxygen atoms in total. The van der Waals surface area contributed by atoms with Gasteiger partial charge < -0.3 is 14.6 Å². The average Bonchev–Trinajstić information content (AvgIpc) is 3.38. The van der Waals surface area contributed by atoms with Crippen molar-refractivity contribution in [1.82, 2.24) is 19.1 Å². The fourth-order valence-electron chi connectivity index (χ4n) is 3.15. The van der Waals surface area contributed by atoms with Crippen molar-refractivity contribution in [2.75, 3.05) is 7.05 Å². The zero-order valence-corrected chi connectivity index (χ0v) is 18.1. The molecule has 4 aromatic rings. The highest BCUT2D eigenvalue weighted by molar-refractivity contribution is 7.89. The molecule has 0 saturated carbocycles. The minimum absolute atomic E-state index is 0.0856. The number of aromatic nitrogens is 3. The van der Waals surface area contributed by atoms with Gasteiger partial charge >= 0.3 is 5.69 Å². The van der Waals surface area contributed by atoms with Crippen molar-refractivity contribution < 1.29 is 23.0 Å². The first kappa shape index (κ1) is 21.7. The maximum absolute atomic E-state index is 13.1. The molecule has 0 radical (unpaired) electrons. The summed E-state index contributed by atoms with van der Waals surface area (Å²) in [7, 11) is -2.89. The van der Waals surface area contributed by atoms with E-state index in [0.717, 1.165) is 21.0 Å². The summed E-state index contributed by atoms with van der Waals surface area (Å²) in [5, 5.41) is 27.2. The number of benzene rings is 2. The van der Waals surface area contributed by atoms with Crippen molar-refractivity contribution in [3.8, 4) is 28.6 Å². The first-order valence-electron chi connectivity index (χ1n) is 9.17. The Bertz CT molecular complexity index is 1440. The van der Waals surface area contributed by atoms with Crippen molar-refractivity contribution in [2.24, 2.45) is 0 Å². The number of sulfonamides is 1. The van der Waals surface area contributed by atoms with E-state index in [1.54, 1.807) is 36.4 Å². The number of hydrogen-bond acceptors (Lipinski definition) is 7. The number of nitrogens with one attached hydrogen (secondary N) is 1. The summed E-state index contributed by atoms with van der Waals surface area (Å²) in [5.41, 5.74) is -0.485. The van der Waals surface area contributed by atoms with E-state index in [0.29, 0.717) is 5.76 Å². The Balaban J connectivity index is 1.85. The van der Waals surface area contributed by atoms with Gasteiger partial charge in [-0.3, -0.25) is 0 Å². The van der Waals surface area contributed by atoms with E-state index in [4.69, 9.17) is 16.0 Å². The molecular weight excluding hydrogens is 460 g/mol. The topological polar surface area (TPSA) is 142 Å². The van der Waals surface area contributed by atoms with Gasteiger partial charge in [-0.25, -0.2) is 22.9 Å². The largest absolute Gasteiger partial charge is 0.507 e. The molecule has 0 aliphatic heterocycles. The Kier molecular flexibility index (Phi) is 5.55. The number of phenols is 2. The quantitative estimate of drug-likeness (QED) is 0.388. The van der Waals surface area contributed by atoms with Crippen molar-refractivity contribution in [1.29, 1.82) is 0 Å². The van der Waals surface area contributed by atoms with E-state index >= 15 is 0 Å². The van der Waals surface area contributed by atoms with Gasteiger partial charge in [0.25, 0.3) is 0 Å². The molecule has 0 atom stereocenters. The molecule has 4 rings (SSSR count). The lowest BCUT2D eigenvalue weighted by Gasteiger charge is -2.18. The summed E-state index contributed by atoms with van der Waals surface area (Å²) in [5.74, 6) is -0.845. The number of rotatable bonds is 6. The zero-order chi connectivity index (χ0) is 23.0. The van der Waals surface area contributed by atoms with Crippen molar-refractivity contribution >= 4 is 21.6 Å². The van der Waals surface area contributed by atoms with E-state index in [2.05, 4.69) is 10.2 Å². The molecule has 0 aliphatic carbocycles. The zero-order valence-electron chi connectivity index (χ0n) is 16.6. The van der Waals surface area contributed by atoms with Crippen LogP contribution in [0.25, 0.3) is 17.1 Å². The SMILES string of the molecule is CN(Cc1ccco1)S(=O)(=O)c1cc(-c2n[nH]c(=O)n2-c2ccccc2Cl)c(O)cc1O. The van der Waals surface area contributed by atoms with Gasteiger partial charge in [0.2, 0.25) is 10.0 Å². The summed E-state index contributed by atoms with van der Waals surface area (Å²) < 4.78 is 33.5. The molecule has 0 amide bonds. The predicted molar refractivity (Wildman–Crippen MR) is 115 cm³/mol. The van der Waals surface area contributed by atoms with Gasteiger partial charge in [0.15, 0.2) is 5.82 Å². The summed E-state index contributed by atoms with van der Waals surface area (Å²) in [6.45, 7) is -0.0856. The number of para-hydroxylation sites is 1. The predicted octanol–water partition coefficient (Wildman–Crippen LogP) is 2.71. The average molecular weight is 477 g/mol. The number of aromatic hydroxyl groups is 2. The minimum atomic E-state index is -4.21. The van der Waals surface area contributed by atoms with Crippen LogP contribution in [0.15, 0.2) is 68.9 Å². The molecule has 2 aromatic carbocycles. The summed E-state index contributed by atoms with van der Waals surface area (Å²) in [6, 6.07) is 11.6. The number of halogens is 1. The first-order chi connectivity index (χ1) is 15.2. The van der Waals surface area contributed by atoms with E-state index in [1.807, 2.05) is 0 Å². The summed E-state index contributed by atoms with van der Waals surface area (Å²) in [4.78, 5) is 11.9. The lowest BCUT2D eigenvalue weighted by Crippen LogP contribution is -2.26. The van der Waals surface area contributed by atoms with Gasteiger partial charge in [-0.1, -0.05) is 23.7 Å². The molecule has 0 bridgehead atoms. The molecule has 0 spiro atoms. The van der Waals surface area contributed by atoms with Crippen LogP contribution in [0, 0.1) is 0 Å². The van der Waals surface area contributed by atoms with E-state index in [-0.39, 0.29) is 28.6 Å². The number of hydrogen-bond donors (Lipinski definition) is 3. The lowest BCUT2D eigenvalue weighted by atomic mass is 10.1. The fourth-order valence-corrected chi connectivity index (χ4v) is 4.60. The Hall–Kier alpha value is -3.54. The van der Waals surface area contributed by atoms with E-state index in [9.17, 15) is 23.4 Å². The van der Waals surface area contributed by atoms with Gasteiger partial charge in [0.1, 0.15) is 22.2 Å². The van der Waals surface area contributed by atoms with Gasteiger partial charge in [0.05, 0.1) is 29.1 Å². The normalized spacial score (nSPS) is 11.8. The minimum Gasteiger partial charge on any atom is -0.507 e. The Morgan fingerprint density at radius 1 is 1.16 bits per heavy atom. The standard InChI is InChI=1S/C20H17ClN4O6S/c1-24(11-12-5-4-8-31-12)32(29,30)18-9-13(16(26)10-17(18)27)19-22-23-20(28)25(19)15-7-3-2-6-14(15)21/h2-10,26-27H,11H2,1H3,(H,23,28). The van der Waals surface area contributed by atoms with Gasteiger partial charge in [-0.15, -0.1) is 0 Å². The van der Waals surface area contributed by atoms with Gasteiger partial charge in [-0.2, -0.15) is 9.40 Å². The van der Waals surface area contributed by atoms with Gasteiger partial charge in [0, 0.05) is 13.1 Å². The van der Waals surface area contributed by atoms with Gasteiger partial charge in [-0.05, 0) is 30.3 Å². The van der Waals surface area contributed by atoms with E-state index in [1.165, 1.54) is 13.3 Å². The smallest absolute Gasteiger partial charge is 0.348 e. The van der Waals surface area contributed by atoms with Crippen LogP contribution < -0.4 is 5.69 Å². The highest BCUT2D eigenvalue weighted by atomic mass is 35.5. The van der Waals surface area contributed by atoms with Crippen LogP contribution in [0.5, 0.6) is 11.5 Å². The van der Waals surface area contributed by atoms with Crippen LogP contribution >= 0.6 is 11.6 Å². The molecule has 2 aromatic heterocycles. The van der Waals surface area contributed by atoms with Crippen LogP contribution in [0.1, 0.15) is 5.76 Å². The highest BCUT2D eigenvalue weighted by Crippen LogP contribution is 2.38. The Morgan fingerprint density at radius 2 is 1.91 bits per heavy atom. The number of furan rings is 1. The second-order valence-corrected chi connectivity index (χ2v) is 9.24. The second-order valence-electron chi connectivity index (χ2n) is 6.82. The maximum Gasteiger partial charge on any atom is 0.348 e. The Morgan fingerprint density at radius 3 is 2.59 bits per heavy atom. The molecular formula is C20H17ClN4O6S. The second kappa shape index (κ2) is 8.19. The van der Waals surface area contributed by atoms with Crippen molar-refractivity contribution in [2.45, 2.75) is 11.4 Å². The summed E-state index contributed by atoms with van der Waals surface area (Å²) >= 11 is 6.21. The van der Waals surface area contributed by atoms with Crippen LogP contribution in [0.4, 0.5) is 0 Å². The third kappa shape index (κ3) is 3.77. The lowest BCUT2D eigenvalue weighted by molar-refractivity contribution is 0.400. The van der Waals surface area contributed by atoms with Crippen LogP contribution in [0.3, 0.4) is 0 Å². The molecule has 0 unspecified atom stereocenters. The molecule has 166 valence electrons. The fraction of sp³-hybridized carbons (Fsp3) is 0.100. The van der Waals surface area contributed by atoms with Crippen LogP contribution in [-0.4, -0.2) is 44.7 Å². The van der Waals surface area contributed by atoms with E-state index < -0.39 is 32.1 Å². The van der Waals surface area contributed by atoms with Crippen LogP contribution in [0.2, 0.25) is 5.02 Å². The van der Waals surface area contributed by atoms with Crippen molar-refractivity contribution in [3.05, 3.63) is 76.1 Å². The third-order valence-electron chi connectivity index (χ3n) is 4.73. The first-order valence-corrected chi connectivity index (χ1v) is 11.0. The Labute approximate surface area is 187 Å². The molecule has 0 saturated heterocycles. The number of aromatic amines is 1. The monoisotopic (exact) mass is 476 g/mol. The highest BCUT2D eigenvalue weighted by Gasteiger charge is 2.28. The molecule has 0 aliphatic rings. The molecule has 12 heteroatoms. The molecule has 32 heavy (non-hydrogen) atoms. The molecule has 3 N–H and O–H groups in total. The third-order valence-corrected chi connectivity index (χ3v) is 6.88. The van der Waals surface area contributed by atoms with Crippen LogP contribution in [-0.2, 0) is 16.6 Å². The maximum atomic E-state index is 13.1. The number of nitrogens with zero attached hydrogens (tertiary/aromatic N) is 3. The number of phenolic OH excluding ortho intramolecular Hbond substituents is 2. The molecule has 0 fully saturated rings. The van der Waals surface area contributed by atoms with Crippen molar-refractivity contribution in [3.63, 3.8) is 0 Å². The number of H-pyrrole nitrogens is 1.